The molecule has 3 heterocycles. The van der Waals surface area contributed by atoms with Gasteiger partial charge in [-0.05, 0) is 72.9 Å². The molecule has 0 bridgehead atoms. The molecule has 1 aliphatic rings. The third kappa shape index (κ3) is 5.03. The second-order valence-electron chi connectivity index (χ2n) is 8.49. The van der Waals surface area contributed by atoms with Gasteiger partial charge < -0.3 is 24.7 Å². The van der Waals surface area contributed by atoms with Crippen molar-refractivity contribution < 1.29 is 13.9 Å². The predicted octanol–water partition coefficient (Wildman–Crippen LogP) is 6.53. The van der Waals surface area contributed by atoms with Crippen LogP contribution in [0.25, 0.3) is 11.3 Å². The van der Waals surface area contributed by atoms with Crippen LogP contribution in [0.1, 0.15) is 36.9 Å². The zero-order chi connectivity index (χ0) is 25.9. The Morgan fingerprint density at radius 2 is 1.97 bits per heavy atom. The lowest BCUT2D eigenvalue weighted by molar-refractivity contribution is -0.115. The van der Waals surface area contributed by atoms with Crippen molar-refractivity contribution >= 4 is 46.2 Å². The van der Waals surface area contributed by atoms with Crippen molar-refractivity contribution in [2.75, 3.05) is 17.3 Å². The second-order valence-corrected chi connectivity index (χ2v) is 9.31. The second kappa shape index (κ2) is 10.6. The number of halogens is 1. The highest BCUT2D eigenvalue weighted by molar-refractivity contribution is 7.80. The van der Waals surface area contributed by atoms with Crippen LogP contribution in [0.5, 0.6) is 5.75 Å². The number of methoxy groups -OCH3 is 1. The minimum absolute atomic E-state index is 0.0946. The van der Waals surface area contributed by atoms with Crippen molar-refractivity contribution in [2.24, 2.45) is 0 Å². The Balaban J connectivity index is 1.57. The number of carbonyl (C=O) groups is 1. The number of amides is 1. The van der Waals surface area contributed by atoms with Crippen LogP contribution in [0.2, 0.25) is 5.02 Å². The van der Waals surface area contributed by atoms with Crippen LogP contribution < -0.4 is 20.3 Å². The van der Waals surface area contributed by atoms with E-state index in [0.29, 0.717) is 28.0 Å². The number of carbonyl (C=O) groups excluding carboxylic acids is 1. The summed E-state index contributed by atoms with van der Waals surface area (Å²) < 4.78 is 12.0. The summed E-state index contributed by atoms with van der Waals surface area (Å²) in [7, 11) is 1.57. The van der Waals surface area contributed by atoms with Gasteiger partial charge in [-0.25, -0.2) is 0 Å². The molecule has 37 heavy (non-hydrogen) atoms. The fourth-order valence-electron chi connectivity index (χ4n) is 4.37. The summed E-state index contributed by atoms with van der Waals surface area (Å²) in [4.78, 5) is 18.6. The van der Waals surface area contributed by atoms with E-state index in [-0.39, 0.29) is 18.0 Å². The molecular formula is C28H25ClN4O3S. The maximum Gasteiger partial charge on any atom is 0.224 e. The summed E-state index contributed by atoms with van der Waals surface area (Å²) in [5.74, 6) is 1.88. The molecule has 0 spiro atoms. The number of nitrogens with one attached hydrogen (secondary N) is 2. The summed E-state index contributed by atoms with van der Waals surface area (Å²) in [6.07, 6.45) is 2.13. The van der Waals surface area contributed by atoms with Gasteiger partial charge in [0.15, 0.2) is 5.11 Å². The number of thiocarbonyl (C=S) groups is 1. The molecule has 0 aliphatic carbocycles. The van der Waals surface area contributed by atoms with Crippen molar-refractivity contribution in [1.82, 2.24) is 10.3 Å². The van der Waals surface area contributed by atoms with Gasteiger partial charge in [0.25, 0.3) is 0 Å². The van der Waals surface area contributed by atoms with Crippen LogP contribution in [0.15, 0.2) is 83.4 Å². The van der Waals surface area contributed by atoms with Crippen LogP contribution in [-0.4, -0.2) is 23.1 Å². The number of anilines is 2. The van der Waals surface area contributed by atoms with Gasteiger partial charge in [-0.15, -0.1) is 0 Å². The Bertz CT molecular complexity index is 1430. The van der Waals surface area contributed by atoms with E-state index in [1.807, 2.05) is 77.7 Å². The van der Waals surface area contributed by atoms with Crippen molar-refractivity contribution in [3.63, 3.8) is 0 Å². The van der Waals surface area contributed by atoms with Gasteiger partial charge in [0.2, 0.25) is 5.91 Å². The molecular weight excluding hydrogens is 508 g/mol. The normalized spacial score (nSPS) is 16.9. The maximum atomic E-state index is 12.0. The smallest absolute Gasteiger partial charge is 0.224 e. The monoisotopic (exact) mass is 532 g/mol. The SMILES string of the molecule is CCC(=O)Nc1ccc(N2C(=S)N[C@@H](c3ccccn3)[C@H]2c2ccc(-c3ccc(Cl)cc3)o2)cc1OC. The Morgan fingerprint density at radius 1 is 1.16 bits per heavy atom. The van der Waals surface area contributed by atoms with E-state index in [1.165, 1.54) is 0 Å². The molecule has 1 saturated heterocycles. The molecule has 0 unspecified atom stereocenters. The first kappa shape index (κ1) is 24.8. The predicted molar refractivity (Wildman–Crippen MR) is 149 cm³/mol. The summed E-state index contributed by atoms with van der Waals surface area (Å²) >= 11 is 11.9. The van der Waals surface area contributed by atoms with E-state index in [2.05, 4.69) is 15.6 Å². The zero-order valence-corrected chi connectivity index (χ0v) is 21.8. The van der Waals surface area contributed by atoms with Gasteiger partial charge in [-0.3, -0.25) is 9.78 Å². The van der Waals surface area contributed by atoms with Gasteiger partial charge in [0.05, 0.1) is 24.5 Å². The highest BCUT2D eigenvalue weighted by Gasteiger charge is 2.42. The van der Waals surface area contributed by atoms with Gasteiger partial charge >= 0.3 is 0 Å². The molecule has 188 valence electrons. The molecule has 1 aliphatic heterocycles. The zero-order valence-electron chi connectivity index (χ0n) is 20.3. The molecule has 9 heteroatoms. The number of furan rings is 1. The van der Waals surface area contributed by atoms with Crippen LogP contribution >= 0.6 is 23.8 Å². The average Bonchev–Trinajstić information content (AvgIpc) is 3.54. The molecule has 2 atom stereocenters. The largest absolute Gasteiger partial charge is 0.494 e. The molecule has 5 rings (SSSR count). The summed E-state index contributed by atoms with van der Waals surface area (Å²) in [6, 6.07) is 22.2. The fourth-order valence-corrected chi connectivity index (χ4v) is 4.85. The van der Waals surface area contributed by atoms with Crippen molar-refractivity contribution in [2.45, 2.75) is 25.4 Å². The minimum Gasteiger partial charge on any atom is -0.494 e. The average molecular weight is 533 g/mol. The van der Waals surface area contributed by atoms with Gasteiger partial charge in [0.1, 0.15) is 23.3 Å². The Kier molecular flexibility index (Phi) is 7.12. The third-order valence-corrected chi connectivity index (χ3v) is 6.77. The highest BCUT2D eigenvalue weighted by Crippen LogP contribution is 2.44. The summed E-state index contributed by atoms with van der Waals surface area (Å²) in [5, 5.41) is 7.49. The molecule has 4 aromatic rings. The highest BCUT2D eigenvalue weighted by atomic mass is 35.5. The number of benzene rings is 2. The summed E-state index contributed by atoms with van der Waals surface area (Å²) in [5.41, 5.74) is 3.14. The van der Waals surface area contributed by atoms with E-state index in [1.54, 1.807) is 20.2 Å². The number of ether oxygens (including phenoxy) is 1. The van der Waals surface area contributed by atoms with E-state index in [4.69, 9.17) is 33.0 Å². The van der Waals surface area contributed by atoms with Crippen LogP contribution in [0.4, 0.5) is 11.4 Å². The molecule has 1 amide bonds. The van der Waals surface area contributed by atoms with E-state index in [9.17, 15) is 4.79 Å². The number of hydrogen-bond acceptors (Lipinski definition) is 5. The minimum atomic E-state index is -0.329. The number of pyridine rings is 1. The number of aromatic nitrogens is 1. The van der Waals surface area contributed by atoms with Crippen LogP contribution in [0, 0.1) is 0 Å². The lowest BCUT2D eigenvalue weighted by Gasteiger charge is -2.27. The van der Waals surface area contributed by atoms with Crippen LogP contribution in [-0.2, 0) is 4.79 Å². The van der Waals surface area contributed by atoms with E-state index < -0.39 is 0 Å². The van der Waals surface area contributed by atoms with Gasteiger partial charge in [0, 0.05) is 35.0 Å². The van der Waals surface area contributed by atoms with Gasteiger partial charge in [-0.1, -0.05) is 24.6 Å². The lowest BCUT2D eigenvalue weighted by Crippen LogP contribution is -2.29. The lowest BCUT2D eigenvalue weighted by atomic mass is 10.0. The Morgan fingerprint density at radius 3 is 2.68 bits per heavy atom. The Hall–Kier alpha value is -3.88. The molecule has 0 saturated carbocycles. The fraction of sp³-hybridized carbons (Fsp3) is 0.179. The maximum absolute atomic E-state index is 12.0. The third-order valence-electron chi connectivity index (χ3n) is 6.20. The first-order chi connectivity index (χ1) is 18.0. The number of rotatable bonds is 7. The van der Waals surface area contributed by atoms with Gasteiger partial charge in [-0.2, -0.15) is 0 Å². The van der Waals surface area contributed by atoms with Crippen molar-refractivity contribution in [1.29, 1.82) is 0 Å². The Labute approximate surface area is 225 Å². The molecule has 2 aromatic carbocycles. The standard InChI is InChI=1S/C28H25ClN4O3S/c1-3-25(34)31-20-12-11-19(16-24(20)35-2)33-27(26(32-28(33)37)21-6-4-5-15-30-21)23-14-13-22(36-23)17-7-9-18(29)10-8-17/h4-16,26-27H,3H2,1-2H3,(H,31,34)(H,32,37)/t26-,27+/m0/s1. The van der Waals surface area contributed by atoms with E-state index in [0.717, 1.165) is 28.5 Å². The molecule has 7 nitrogen and oxygen atoms in total. The first-order valence-corrected chi connectivity index (χ1v) is 12.6. The molecule has 2 N–H and O–H groups in total. The van der Waals surface area contributed by atoms with Crippen molar-refractivity contribution in [3.05, 3.63) is 95.5 Å². The summed E-state index contributed by atoms with van der Waals surface area (Å²) in [6.45, 7) is 1.80. The molecule has 0 radical (unpaired) electrons. The topological polar surface area (TPSA) is 79.6 Å². The number of nitrogens with zero attached hydrogens (tertiary/aromatic N) is 2. The van der Waals surface area contributed by atoms with Crippen LogP contribution in [0.3, 0.4) is 0 Å². The van der Waals surface area contributed by atoms with E-state index >= 15 is 0 Å². The number of hydrogen-bond donors (Lipinski definition) is 2. The molecule has 1 fully saturated rings. The quantitative estimate of drug-likeness (QED) is 0.262. The molecule has 2 aromatic heterocycles. The first-order valence-electron chi connectivity index (χ1n) is 11.8. The van der Waals surface area contributed by atoms with Crippen molar-refractivity contribution in [3.8, 4) is 17.1 Å².